The molecule has 1 unspecified atom stereocenters. The molecule has 0 saturated heterocycles. The van der Waals surface area contributed by atoms with Crippen LogP contribution < -0.4 is 0 Å². The second-order valence-electron chi connectivity index (χ2n) is 6.24. The summed E-state index contributed by atoms with van der Waals surface area (Å²) in [7, 11) is 1.92. The van der Waals surface area contributed by atoms with E-state index in [1.807, 2.05) is 11.9 Å². The third kappa shape index (κ3) is 3.67. The maximum absolute atomic E-state index is 13.7. The van der Waals surface area contributed by atoms with E-state index in [4.69, 9.17) is 0 Å². The van der Waals surface area contributed by atoms with Crippen LogP contribution in [0.1, 0.15) is 49.9 Å². The number of ketones is 1. The summed E-state index contributed by atoms with van der Waals surface area (Å²) in [6.45, 7) is 4.04. The van der Waals surface area contributed by atoms with Crippen molar-refractivity contribution in [1.82, 2.24) is 4.90 Å². The van der Waals surface area contributed by atoms with Gasteiger partial charge in [-0.05, 0) is 57.7 Å². The molecule has 4 heteroatoms. The van der Waals surface area contributed by atoms with Crippen molar-refractivity contribution in [2.24, 2.45) is 5.92 Å². The molecule has 1 saturated carbocycles. The Hall–Kier alpha value is -1.29. The van der Waals surface area contributed by atoms with Crippen LogP contribution in [0, 0.1) is 17.6 Å². The Morgan fingerprint density at radius 3 is 2.43 bits per heavy atom. The van der Waals surface area contributed by atoms with Crippen molar-refractivity contribution >= 4 is 5.78 Å². The lowest BCUT2D eigenvalue weighted by atomic mass is 9.86. The molecule has 0 aliphatic heterocycles. The zero-order chi connectivity index (χ0) is 15.6. The second-order valence-corrected chi connectivity index (χ2v) is 6.24. The Bertz CT molecular complexity index is 510. The number of carbonyl (C=O) groups is 1. The molecule has 2 nitrogen and oxygen atoms in total. The molecule has 0 bridgehead atoms. The van der Waals surface area contributed by atoms with E-state index in [2.05, 4.69) is 6.92 Å². The number of nitrogens with zero attached hydrogens (tertiary/aromatic N) is 1. The minimum absolute atomic E-state index is 0.0278. The van der Waals surface area contributed by atoms with E-state index in [0.29, 0.717) is 6.04 Å². The van der Waals surface area contributed by atoms with Gasteiger partial charge in [0.15, 0.2) is 5.78 Å². The van der Waals surface area contributed by atoms with Crippen LogP contribution in [0.25, 0.3) is 0 Å². The van der Waals surface area contributed by atoms with Crippen LogP contribution in [0.4, 0.5) is 8.78 Å². The fourth-order valence-corrected chi connectivity index (χ4v) is 3.07. The van der Waals surface area contributed by atoms with Gasteiger partial charge in [0.05, 0.1) is 11.6 Å². The van der Waals surface area contributed by atoms with Crippen LogP contribution in [0.5, 0.6) is 0 Å². The second kappa shape index (κ2) is 6.65. The first kappa shape index (κ1) is 16.1. The minimum Gasteiger partial charge on any atom is -0.294 e. The molecule has 2 rings (SSSR count). The minimum atomic E-state index is -0.780. The predicted octanol–water partition coefficient (Wildman–Crippen LogP) is 4.05. The summed E-state index contributed by atoms with van der Waals surface area (Å²) < 4.78 is 26.7. The Kier molecular flexibility index (Phi) is 5.09. The smallest absolute Gasteiger partial charge is 0.182 e. The number of rotatable bonds is 4. The van der Waals surface area contributed by atoms with Crippen molar-refractivity contribution in [3.8, 4) is 0 Å². The number of hydrogen-bond acceptors (Lipinski definition) is 2. The van der Waals surface area contributed by atoms with Gasteiger partial charge in [0.25, 0.3) is 0 Å². The van der Waals surface area contributed by atoms with E-state index in [9.17, 15) is 13.6 Å². The van der Waals surface area contributed by atoms with Gasteiger partial charge in [-0.25, -0.2) is 8.78 Å². The predicted molar refractivity (Wildman–Crippen MR) is 79.3 cm³/mol. The van der Waals surface area contributed by atoms with Gasteiger partial charge >= 0.3 is 0 Å². The molecule has 1 aliphatic carbocycles. The van der Waals surface area contributed by atoms with Gasteiger partial charge in [-0.3, -0.25) is 9.69 Å². The van der Waals surface area contributed by atoms with Gasteiger partial charge in [-0.15, -0.1) is 0 Å². The Labute approximate surface area is 125 Å². The zero-order valence-corrected chi connectivity index (χ0v) is 12.9. The molecule has 1 atom stereocenters. The first-order valence-electron chi connectivity index (χ1n) is 7.61. The topological polar surface area (TPSA) is 20.3 Å². The summed E-state index contributed by atoms with van der Waals surface area (Å²) in [5.41, 5.74) is -0.0278. The van der Waals surface area contributed by atoms with Gasteiger partial charge < -0.3 is 0 Å². The fourth-order valence-electron chi connectivity index (χ4n) is 3.07. The van der Waals surface area contributed by atoms with Crippen molar-refractivity contribution in [2.75, 3.05) is 7.05 Å². The van der Waals surface area contributed by atoms with Crippen LogP contribution >= 0.6 is 0 Å². The van der Waals surface area contributed by atoms with Crippen molar-refractivity contribution < 1.29 is 13.6 Å². The molecule has 0 heterocycles. The van der Waals surface area contributed by atoms with E-state index in [1.54, 1.807) is 6.92 Å². The average Bonchev–Trinajstić information content (AvgIpc) is 2.46. The SMILES string of the molecule is CC1CCC(N(C)C(C)C(=O)c2ccc(F)cc2F)CC1. The Morgan fingerprint density at radius 1 is 1.24 bits per heavy atom. The molecule has 1 aromatic rings. The zero-order valence-electron chi connectivity index (χ0n) is 12.9. The maximum Gasteiger partial charge on any atom is 0.182 e. The largest absolute Gasteiger partial charge is 0.294 e. The molecular weight excluding hydrogens is 272 g/mol. The number of carbonyl (C=O) groups excluding carboxylic acids is 1. The standard InChI is InChI=1S/C17H23F2NO/c1-11-4-7-14(8-5-11)20(3)12(2)17(21)15-9-6-13(18)10-16(15)19/h6,9-12,14H,4-5,7-8H2,1-3H3. The van der Waals surface area contributed by atoms with Gasteiger partial charge in [0.2, 0.25) is 0 Å². The molecule has 0 radical (unpaired) electrons. The molecule has 0 N–H and O–H groups in total. The summed E-state index contributed by atoms with van der Waals surface area (Å²) in [6, 6.07) is 3.10. The summed E-state index contributed by atoms with van der Waals surface area (Å²) >= 11 is 0. The van der Waals surface area contributed by atoms with E-state index in [0.717, 1.165) is 30.9 Å². The third-order valence-electron chi connectivity index (χ3n) is 4.75. The first-order chi connectivity index (χ1) is 9.90. The van der Waals surface area contributed by atoms with Crippen LogP contribution in [0.2, 0.25) is 0 Å². The lowest BCUT2D eigenvalue weighted by Crippen LogP contribution is -2.44. The monoisotopic (exact) mass is 295 g/mol. The summed E-state index contributed by atoms with van der Waals surface area (Å²) in [4.78, 5) is 14.5. The maximum atomic E-state index is 13.7. The lowest BCUT2D eigenvalue weighted by molar-refractivity contribution is 0.0754. The van der Waals surface area contributed by atoms with Crippen LogP contribution in [-0.2, 0) is 0 Å². The Balaban J connectivity index is 2.07. The van der Waals surface area contributed by atoms with Crippen LogP contribution in [0.15, 0.2) is 18.2 Å². The first-order valence-corrected chi connectivity index (χ1v) is 7.61. The molecule has 116 valence electrons. The van der Waals surface area contributed by atoms with Gasteiger partial charge in [0.1, 0.15) is 11.6 Å². The van der Waals surface area contributed by atoms with E-state index >= 15 is 0 Å². The molecule has 0 aromatic heterocycles. The van der Waals surface area contributed by atoms with E-state index in [-0.39, 0.29) is 11.3 Å². The summed E-state index contributed by atoms with van der Waals surface area (Å²) in [6.07, 6.45) is 4.48. The normalized spacial score (nSPS) is 24.1. The molecule has 1 fully saturated rings. The van der Waals surface area contributed by atoms with Gasteiger partial charge in [-0.2, -0.15) is 0 Å². The highest BCUT2D eigenvalue weighted by Gasteiger charge is 2.29. The molecular formula is C17H23F2NO. The number of halogens is 2. The third-order valence-corrected chi connectivity index (χ3v) is 4.75. The quantitative estimate of drug-likeness (QED) is 0.781. The molecule has 1 aliphatic rings. The number of hydrogen-bond donors (Lipinski definition) is 0. The molecule has 21 heavy (non-hydrogen) atoms. The fraction of sp³-hybridized carbons (Fsp3) is 0.588. The number of benzene rings is 1. The van der Waals surface area contributed by atoms with Gasteiger partial charge in [0, 0.05) is 12.1 Å². The van der Waals surface area contributed by atoms with Crippen molar-refractivity contribution in [3.63, 3.8) is 0 Å². The van der Waals surface area contributed by atoms with Crippen molar-refractivity contribution in [2.45, 2.75) is 51.6 Å². The lowest BCUT2D eigenvalue weighted by Gasteiger charge is -2.36. The highest BCUT2D eigenvalue weighted by molar-refractivity contribution is 6.00. The van der Waals surface area contributed by atoms with Crippen molar-refractivity contribution in [3.05, 3.63) is 35.4 Å². The summed E-state index contributed by atoms with van der Waals surface area (Å²) in [5, 5.41) is 0. The number of likely N-dealkylation sites (N-methyl/N-ethyl adjacent to an activating group) is 1. The van der Waals surface area contributed by atoms with Crippen LogP contribution in [0.3, 0.4) is 0 Å². The average molecular weight is 295 g/mol. The molecule has 0 spiro atoms. The molecule has 0 amide bonds. The molecule has 1 aromatic carbocycles. The highest BCUT2D eigenvalue weighted by Crippen LogP contribution is 2.28. The number of Topliss-reactive ketones (excluding diaryl/α,β-unsaturated/α-hetero) is 1. The van der Waals surface area contributed by atoms with Crippen LogP contribution in [-0.4, -0.2) is 29.8 Å². The van der Waals surface area contributed by atoms with Crippen molar-refractivity contribution in [1.29, 1.82) is 0 Å². The summed E-state index contributed by atoms with van der Waals surface area (Å²) in [5.74, 6) is -0.979. The highest BCUT2D eigenvalue weighted by atomic mass is 19.1. The van der Waals surface area contributed by atoms with E-state index in [1.165, 1.54) is 18.9 Å². The Morgan fingerprint density at radius 2 is 1.86 bits per heavy atom. The van der Waals surface area contributed by atoms with E-state index < -0.39 is 17.7 Å². The van der Waals surface area contributed by atoms with Gasteiger partial charge in [-0.1, -0.05) is 6.92 Å².